The molecular weight excluding hydrogens is 422 g/mol. The molecule has 5 rings (SSSR count). The van der Waals surface area contributed by atoms with Crippen molar-refractivity contribution in [1.29, 1.82) is 0 Å². The molecule has 1 aliphatic heterocycles. The van der Waals surface area contributed by atoms with E-state index in [2.05, 4.69) is 5.32 Å². The molecule has 1 amide bonds. The minimum absolute atomic E-state index is 0.000443. The molecule has 0 spiro atoms. The number of hydrogen-bond acceptors (Lipinski definition) is 5. The minimum Gasteiger partial charge on any atom is -0.376 e. The van der Waals surface area contributed by atoms with Crippen LogP contribution in [0.2, 0.25) is 0 Å². The Morgan fingerprint density at radius 2 is 1.84 bits per heavy atom. The molecule has 1 fully saturated rings. The van der Waals surface area contributed by atoms with Crippen molar-refractivity contribution in [2.24, 2.45) is 0 Å². The molecule has 1 saturated heterocycles. The van der Waals surface area contributed by atoms with Crippen molar-refractivity contribution >= 4 is 45.0 Å². The van der Waals surface area contributed by atoms with Crippen LogP contribution in [0.15, 0.2) is 76.7 Å². The molecule has 0 unspecified atom stereocenters. The largest absolute Gasteiger partial charge is 0.376 e. The van der Waals surface area contributed by atoms with Gasteiger partial charge in [0, 0.05) is 17.7 Å². The molecule has 1 aliphatic rings. The summed E-state index contributed by atoms with van der Waals surface area (Å²) >= 11 is 1.28. The molecule has 0 bridgehead atoms. The van der Waals surface area contributed by atoms with Gasteiger partial charge in [-0.3, -0.25) is 14.2 Å². The number of anilines is 1. The summed E-state index contributed by atoms with van der Waals surface area (Å²) in [5.74, 6) is 0.0110. The number of aromatic nitrogens is 2. The van der Waals surface area contributed by atoms with Crippen molar-refractivity contribution in [3.63, 3.8) is 0 Å². The van der Waals surface area contributed by atoms with Gasteiger partial charge < -0.3 is 10.1 Å². The lowest BCUT2D eigenvalue weighted by atomic mass is 10.1. The van der Waals surface area contributed by atoms with Gasteiger partial charge in [0.05, 0.1) is 29.3 Å². The summed E-state index contributed by atoms with van der Waals surface area (Å²) in [5, 5.41) is 6.18. The SMILES string of the molecule is O=C(CSc1nc2ccccc2c(=O)n1C[C@@H]1CCCO1)Nc1cccc2ccccc12. The van der Waals surface area contributed by atoms with Gasteiger partial charge in [0.15, 0.2) is 5.16 Å². The molecule has 3 aromatic carbocycles. The Labute approximate surface area is 189 Å². The molecule has 0 saturated carbocycles. The Balaban J connectivity index is 1.39. The Bertz CT molecular complexity index is 1340. The fourth-order valence-electron chi connectivity index (χ4n) is 4.06. The predicted octanol–water partition coefficient (Wildman–Crippen LogP) is 4.46. The monoisotopic (exact) mass is 445 g/mol. The van der Waals surface area contributed by atoms with Crippen LogP contribution in [0.3, 0.4) is 0 Å². The number of hydrogen-bond donors (Lipinski definition) is 1. The Morgan fingerprint density at radius 1 is 1.06 bits per heavy atom. The normalized spacial score (nSPS) is 15.9. The van der Waals surface area contributed by atoms with Crippen LogP contribution in [-0.2, 0) is 16.1 Å². The highest BCUT2D eigenvalue weighted by Gasteiger charge is 2.20. The molecule has 32 heavy (non-hydrogen) atoms. The molecule has 4 aromatic rings. The average Bonchev–Trinajstić information content (AvgIpc) is 3.33. The summed E-state index contributed by atoms with van der Waals surface area (Å²) in [5.41, 5.74) is 1.32. The van der Waals surface area contributed by atoms with Crippen LogP contribution in [-0.4, -0.2) is 33.9 Å². The Kier molecular flexibility index (Phi) is 5.92. The zero-order valence-electron chi connectivity index (χ0n) is 17.5. The lowest BCUT2D eigenvalue weighted by Crippen LogP contribution is -2.29. The topological polar surface area (TPSA) is 73.2 Å². The second kappa shape index (κ2) is 9.14. The summed E-state index contributed by atoms with van der Waals surface area (Å²) in [6, 6.07) is 21.1. The fraction of sp³-hybridized carbons (Fsp3) is 0.240. The smallest absolute Gasteiger partial charge is 0.262 e. The van der Waals surface area contributed by atoms with E-state index in [1.165, 1.54) is 11.8 Å². The second-order valence-corrected chi connectivity index (χ2v) is 8.77. The summed E-state index contributed by atoms with van der Waals surface area (Å²) in [6.07, 6.45) is 1.92. The molecule has 0 aliphatic carbocycles. The zero-order chi connectivity index (χ0) is 21.9. The van der Waals surface area contributed by atoms with E-state index in [0.717, 1.165) is 35.9 Å². The highest BCUT2D eigenvalue weighted by Crippen LogP contribution is 2.24. The van der Waals surface area contributed by atoms with Gasteiger partial charge in [0.2, 0.25) is 5.91 Å². The van der Waals surface area contributed by atoms with E-state index in [4.69, 9.17) is 9.72 Å². The van der Waals surface area contributed by atoms with E-state index in [1.807, 2.05) is 60.7 Å². The molecule has 6 nitrogen and oxygen atoms in total. The molecular formula is C25H23N3O3S. The molecule has 162 valence electrons. The predicted molar refractivity (Wildman–Crippen MR) is 128 cm³/mol. The third-order valence-electron chi connectivity index (χ3n) is 5.63. The van der Waals surface area contributed by atoms with Crippen LogP contribution < -0.4 is 10.9 Å². The van der Waals surface area contributed by atoms with Crippen molar-refractivity contribution in [2.45, 2.75) is 30.6 Å². The van der Waals surface area contributed by atoms with Crippen LogP contribution in [0.25, 0.3) is 21.7 Å². The van der Waals surface area contributed by atoms with Crippen LogP contribution >= 0.6 is 11.8 Å². The second-order valence-electron chi connectivity index (χ2n) is 7.83. The van der Waals surface area contributed by atoms with Gasteiger partial charge in [-0.25, -0.2) is 4.98 Å². The van der Waals surface area contributed by atoms with E-state index in [-0.39, 0.29) is 23.3 Å². The number of nitrogens with one attached hydrogen (secondary N) is 1. The van der Waals surface area contributed by atoms with Crippen molar-refractivity contribution < 1.29 is 9.53 Å². The average molecular weight is 446 g/mol. The van der Waals surface area contributed by atoms with Crippen LogP contribution in [0.4, 0.5) is 5.69 Å². The lowest BCUT2D eigenvalue weighted by molar-refractivity contribution is -0.113. The zero-order valence-corrected chi connectivity index (χ0v) is 18.3. The minimum atomic E-state index is -0.141. The van der Waals surface area contributed by atoms with E-state index < -0.39 is 0 Å². The van der Waals surface area contributed by atoms with Crippen molar-refractivity contribution in [3.05, 3.63) is 77.1 Å². The maximum atomic E-state index is 13.2. The number of rotatable bonds is 6. The van der Waals surface area contributed by atoms with Gasteiger partial charge in [-0.15, -0.1) is 0 Å². The third-order valence-corrected chi connectivity index (χ3v) is 6.61. The van der Waals surface area contributed by atoms with Gasteiger partial charge in [-0.05, 0) is 36.4 Å². The molecule has 1 atom stereocenters. The maximum absolute atomic E-state index is 13.2. The Hall–Kier alpha value is -3.16. The number of thioether (sulfide) groups is 1. The van der Waals surface area contributed by atoms with E-state index in [1.54, 1.807) is 10.6 Å². The van der Waals surface area contributed by atoms with E-state index in [0.29, 0.717) is 22.6 Å². The number of amides is 1. The van der Waals surface area contributed by atoms with Crippen LogP contribution in [0, 0.1) is 0 Å². The number of carbonyl (C=O) groups is 1. The lowest BCUT2D eigenvalue weighted by Gasteiger charge is -2.16. The van der Waals surface area contributed by atoms with Gasteiger partial charge in [0.25, 0.3) is 5.56 Å². The van der Waals surface area contributed by atoms with Crippen molar-refractivity contribution in [2.75, 3.05) is 17.7 Å². The number of carbonyl (C=O) groups excluding carboxylic acids is 1. The first-order valence-electron chi connectivity index (χ1n) is 10.7. The molecule has 1 aromatic heterocycles. The first-order valence-corrected chi connectivity index (χ1v) is 11.7. The highest BCUT2D eigenvalue weighted by atomic mass is 32.2. The van der Waals surface area contributed by atoms with Crippen molar-refractivity contribution in [1.82, 2.24) is 9.55 Å². The summed E-state index contributed by atoms with van der Waals surface area (Å²) in [6.45, 7) is 1.17. The third kappa shape index (κ3) is 4.26. The summed E-state index contributed by atoms with van der Waals surface area (Å²) in [4.78, 5) is 30.6. The summed E-state index contributed by atoms with van der Waals surface area (Å²) in [7, 11) is 0. The number of benzene rings is 3. The van der Waals surface area contributed by atoms with Crippen LogP contribution in [0.5, 0.6) is 0 Å². The number of fused-ring (bicyclic) bond motifs is 2. The highest BCUT2D eigenvalue weighted by molar-refractivity contribution is 7.99. The van der Waals surface area contributed by atoms with Gasteiger partial charge in [-0.2, -0.15) is 0 Å². The first-order chi connectivity index (χ1) is 15.7. The Morgan fingerprint density at radius 3 is 2.69 bits per heavy atom. The quantitative estimate of drug-likeness (QED) is 0.350. The van der Waals surface area contributed by atoms with Gasteiger partial charge >= 0.3 is 0 Å². The van der Waals surface area contributed by atoms with Crippen molar-refractivity contribution in [3.8, 4) is 0 Å². The maximum Gasteiger partial charge on any atom is 0.262 e. The first kappa shape index (κ1) is 20.7. The van der Waals surface area contributed by atoms with Gasteiger partial charge in [0.1, 0.15) is 0 Å². The van der Waals surface area contributed by atoms with E-state index in [9.17, 15) is 9.59 Å². The van der Waals surface area contributed by atoms with E-state index >= 15 is 0 Å². The molecule has 2 heterocycles. The molecule has 0 radical (unpaired) electrons. The number of ether oxygens (including phenoxy) is 1. The molecule has 1 N–H and O–H groups in total. The standard InChI is InChI=1S/C25H23N3O3S/c29-23(26-21-13-5-8-17-7-1-2-10-19(17)21)16-32-25-27-22-12-4-3-11-20(22)24(30)28(25)15-18-9-6-14-31-18/h1-5,7-8,10-13,18H,6,9,14-16H2,(H,26,29)/t18-/m0/s1. The number of para-hydroxylation sites is 1. The summed E-state index contributed by atoms with van der Waals surface area (Å²) < 4.78 is 7.41. The fourth-order valence-corrected chi connectivity index (χ4v) is 4.87. The number of nitrogens with zero attached hydrogens (tertiary/aromatic N) is 2. The van der Waals surface area contributed by atoms with Gasteiger partial charge in [-0.1, -0.05) is 60.3 Å². The van der Waals surface area contributed by atoms with Crippen LogP contribution in [0.1, 0.15) is 12.8 Å². The molecule has 7 heteroatoms.